The van der Waals surface area contributed by atoms with Gasteiger partial charge in [0, 0.05) is 29.6 Å². The zero-order chi connectivity index (χ0) is 16.1. The minimum atomic E-state index is 0.0687. The molecule has 2 N–H and O–H groups in total. The third-order valence-corrected chi connectivity index (χ3v) is 4.14. The lowest BCUT2D eigenvalue weighted by atomic mass is 10.0. The van der Waals surface area contributed by atoms with Gasteiger partial charge < -0.3 is 10.6 Å². The molecule has 0 saturated carbocycles. The molecule has 5 heteroatoms. The number of hydrogen-bond acceptors (Lipinski definition) is 4. The van der Waals surface area contributed by atoms with Crippen LogP contribution in [0.4, 0.5) is 5.69 Å². The van der Waals surface area contributed by atoms with E-state index in [9.17, 15) is 4.79 Å². The minimum absolute atomic E-state index is 0.0687. The first-order valence-electron chi connectivity index (χ1n) is 8.11. The summed E-state index contributed by atoms with van der Waals surface area (Å²) in [5.41, 5.74) is 2.63. The molecule has 1 unspecified atom stereocenters. The van der Waals surface area contributed by atoms with E-state index < -0.39 is 0 Å². The SMILES string of the molecule is Cc1ccnc(-c2cccc(NC(=O)CCC3CCNC3)c2)n1. The van der Waals surface area contributed by atoms with E-state index in [1.807, 2.05) is 37.3 Å². The molecular weight excluding hydrogens is 288 g/mol. The van der Waals surface area contributed by atoms with Gasteiger partial charge in [0.15, 0.2) is 5.82 Å². The number of anilines is 1. The summed E-state index contributed by atoms with van der Waals surface area (Å²) in [6.07, 6.45) is 4.43. The quantitative estimate of drug-likeness (QED) is 0.891. The van der Waals surface area contributed by atoms with Gasteiger partial charge in [0.1, 0.15) is 0 Å². The molecule has 120 valence electrons. The molecule has 1 fully saturated rings. The smallest absolute Gasteiger partial charge is 0.224 e. The molecule has 3 rings (SSSR count). The fraction of sp³-hybridized carbons (Fsp3) is 0.389. The summed E-state index contributed by atoms with van der Waals surface area (Å²) in [6.45, 7) is 4.05. The van der Waals surface area contributed by atoms with Crippen LogP contribution in [-0.2, 0) is 4.79 Å². The molecule has 1 aromatic heterocycles. The molecule has 1 amide bonds. The van der Waals surface area contributed by atoms with E-state index >= 15 is 0 Å². The van der Waals surface area contributed by atoms with Gasteiger partial charge in [0.05, 0.1) is 0 Å². The highest BCUT2D eigenvalue weighted by Crippen LogP contribution is 2.20. The largest absolute Gasteiger partial charge is 0.326 e. The Labute approximate surface area is 136 Å². The van der Waals surface area contributed by atoms with Crippen molar-refractivity contribution < 1.29 is 4.79 Å². The van der Waals surface area contributed by atoms with Crippen molar-refractivity contribution in [1.82, 2.24) is 15.3 Å². The van der Waals surface area contributed by atoms with E-state index in [1.54, 1.807) is 6.20 Å². The maximum atomic E-state index is 12.1. The number of nitrogens with one attached hydrogen (secondary N) is 2. The first-order chi connectivity index (χ1) is 11.2. The number of nitrogens with zero attached hydrogens (tertiary/aromatic N) is 2. The fourth-order valence-electron chi connectivity index (χ4n) is 2.84. The Bertz CT molecular complexity index is 680. The van der Waals surface area contributed by atoms with E-state index in [0.717, 1.165) is 36.5 Å². The number of carbonyl (C=O) groups is 1. The van der Waals surface area contributed by atoms with Crippen molar-refractivity contribution in [2.75, 3.05) is 18.4 Å². The molecule has 2 heterocycles. The standard InChI is InChI=1S/C18H22N4O/c1-13-7-10-20-18(21-13)15-3-2-4-16(11-15)22-17(23)6-5-14-8-9-19-12-14/h2-4,7,10-11,14,19H,5-6,8-9,12H2,1H3,(H,22,23). The molecule has 23 heavy (non-hydrogen) atoms. The van der Waals surface area contributed by atoms with Crippen molar-refractivity contribution in [1.29, 1.82) is 0 Å². The summed E-state index contributed by atoms with van der Waals surface area (Å²) < 4.78 is 0. The van der Waals surface area contributed by atoms with E-state index in [0.29, 0.717) is 18.2 Å². The van der Waals surface area contributed by atoms with Gasteiger partial charge in [0.2, 0.25) is 5.91 Å². The van der Waals surface area contributed by atoms with Crippen LogP contribution >= 0.6 is 0 Å². The number of aryl methyl sites for hydroxylation is 1. The summed E-state index contributed by atoms with van der Waals surface area (Å²) in [4.78, 5) is 20.8. The molecule has 0 aliphatic carbocycles. The second kappa shape index (κ2) is 7.33. The van der Waals surface area contributed by atoms with Crippen LogP contribution in [0, 0.1) is 12.8 Å². The van der Waals surface area contributed by atoms with E-state index in [4.69, 9.17) is 0 Å². The number of hydrogen-bond donors (Lipinski definition) is 2. The van der Waals surface area contributed by atoms with Crippen molar-refractivity contribution in [2.24, 2.45) is 5.92 Å². The molecule has 0 radical (unpaired) electrons. The normalized spacial score (nSPS) is 17.2. The summed E-state index contributed by atoms with van der Waals surface area (Å²) in [5, 5.41) is 6.31. The van der Waals surface area contributed by atoms with Gasteiger partial charge in [-0.1, -0.05) is 12.1 Å². The second-order valence-electron chi connectivity index (χ2n) is 6.05. The highest BCUT2D eigenvalue weighted by Gasteiger charge is 2.15. The predicted molar refractivity (Wildman–Crippen MR) is 91.0 cm³/mol. The summed E-state index contributed by atoms with van der Waals surface area (Å²) in [7, 11) is 0. The van der Waals surface area contributed by atoms with Gasteiger partial charge in [-0.3, -0.25) is 4.79 Å². The monoisotopic (exact) mass is 310 g/mol. The maximum Gasteiger partial charge on any atom is 0.224 e. The zero-order valence-corrected chi connectivity index (χ0v) is 13.4. The van der Waals surface area contributed by atoms with Gasteiger partial charge >= 0.3 is 0 Å². The Kier molecular flexibility index (Phi) is 4.98. The molecule has 1 aliphatic heterocycles. The summed E-state index contributed by atoms with van der Waals surface area (Å²) in [5.74, 6) is 1.38. The van der Waals surface area contributed by atoms with Crippen molar-refractivity contribution in [3.05, 3.63) is 42.2 Å². The lowest BCUT2D eigenvalue weighted by Crippen LogP contribution is -2.15. The topological polar surface area (TPSA) is 66.9 Å². The third-order valence-electron chi connectivity index (χ3n) is 4.14. The van der Waals surface area contributed by atoms with Gasteiger partial charge in [-0.15, -0.1) is 0 Å². The first-order valence-corrected chi connectivity index (χ1v) is 8.11. The van der Waals surface area contributed by atoms with Crippen LogP contribution in [-0.4, -0.2) is 29.0 Å². The molecule has 1 aromatic carbocycles. The van der Waals surface area contributed by atoms with Crippen LogP contribution in [0.15, 0.2) is 36.5 Å². The lowest BCUT2D eigenvalue weighted by Gasteiger charge is -2.09. The number of benzene rings is 1. The number of amides is 1. The van der Waals surface area contributed by atoms with Crippen LogP contribution in [0.3, 0.4) is 0 Å². The average molecular weight is 310 g/mol. The second-order valence-corrected chi connectivity index (χ2v) is 6.05. The fourth-order valence-corrected chi connectivity index (χ4v) is 2.84. The van der Waals surface area contributed by atoms with E-state index in [-0.39, 0.29) is 5.91 Å². The van der Waals surface area contributed by atoms with Crippen LogP contribution < -0.4 is 10.6 Å². The lowest BCUT2D eigenvalue weighted by molar-refractivity contribution is -0.116. The maximum absolute atomic E-state index is 12.1. The molecule has 0 spiro atoms. The van der Waals surface area contributed by atoms with Crippen molar-refractivity contribution in [2.45, 2.75) is 26.2 Å². The van der Waals surface area contributed by atoms with Gasteiger partial charge in [-0.25, -0.2) is 9.97 Å². The highest BCUT2D eigenvalue weighted by atomic mass is 16.1. The minimum Gasteiger partial charge on any atom is -0.326 e. The Morgan fingerprint density at radius 2 is 2.30 bits per heavy atom. The van der Waals surface area contributed by atoms with E-state index in [1.165, 1.54) is 6.42 Å². The number of aromatic nitrogens is 2. The van der Waals surface area contributed by atoms with Crippen molar-refractivity contribution in [3.8, 4) is 11.4 Å². The van der Waals surface area contributed by atoms with E-state index in [2.05, 4.69) is 20.6 Å². The van der Waals surface area contributed by atoms with Crippen molar-refractivity contribution in [3.63, 3.8) is 0 Å². The van der Waals surface area contributed by atoms with Gasteiger partial charge in [-0.05, 0) is 57.0 Å². The zero-order valence-electron chi connectivity index (χ0n) is 13.4. The summed E-state index contributed by atoms with van der Waals surface area (Å²) >= 11 is 0. The van der Waals surface area contributed by atoms with Crippen LogP contribution in [0.5, 0.6) is 0 Å². The van der Waals surface area contributed by atoms with Gasteiger partial charge in [0.25, 0.3) is 0 Å². The summed E-state index contributed by atoms with van der Waals surface area (Å²) in [6, 6.07) is 9.55. The molecule has 2 aromatic rings. The van der Waals surface area contributed by atoms with Crippen molar-refractivity contribution >= 4 is 11.6 Å². The molecule has 0 bridgehead atoms. The van der Waals surface area contributed by atoms with Crippen LogP contribution in [0.25, 0.3) is 11.4 Å². The Balaban J connectivity index is 1.61. The highest BCUT2D eigenvalue weighted by molar-refractivity contribution is 5.91. The molecule has 1 aliphatic rings. The third kappa shape index (κ3) is 4.36. The average Bonchev–Trinajstić information content (AvgIpc) is 3.07. The predicted octanol–water partition coefficient (Wildman–Crippen LogP) is 2.78. The number of rotatable bonds is 5. The Hall–Kier alpha value is -2.27. The molecule has 1 atom stereocenters. The van der Waals surface area contributed by atoms with Crippen LogP contribution in [0.1, 0.15) is 25.0 Å². The number of carbonyl (C=O) groups excluding carboxylic acids is 1. The first kappa shape index (κ1) is 15.6. The Morgan fingerprint density at radius 3 is 3.09 bits per heavy atom. The molecule has 5 nitrogen and oxygen atoms in total. The molecule has 1 saturated heterocycles. The van der Waals surface area contributed by atoms with Crippen LogP contribution in [0.2, 0.25) is 0 Å². The Morgan fingerprint density at radius 1 is 1.39 bits per heavy atom. The molecular formula is C18H22N4O. The van der Waals surface area contributed by atoms with Gasteiger partial charge in [-0.2, -0.15) is 0 Å².